The SMILES string of the molecule is CC1CCC(C(N)=O)CN1CCC(=O)O. The average molecular weight is 214 g/mol. The molecule has 1 aliphatic heterocycles. The lowest BCUT2D eigenvalue weighted by molar-refractivity contribution is -0.137. The lowest BCUT2D eigenvalue weighted by Gasteiger charge is -2.36. The number of aliphatic carboxylic acids is 1. The summed E-state index contributed by atoms with van der Waals surface area (Å²) in [7, 11) is 0. The molecule has 15 heavy (non-hydrogen) atoms. The number of carboxylic acid groups (broad SMARTS) is 1. The first-order chi connectivity index (χ1) is 7.00. The Balaban J connectivity index is 2.46. The summed E-state index contributed by atoms with van der Waals surface area (Å²) in [6.07, 6.45) is 1.85. The second-order valence-corrected chi connectivity index (χ2v) is 4.16. The van der Waals surface area contributed by atoms with E-state index in [-0.39, 0.29) is 18.2 Å². The van der Waals surface area contributed by atoms with Gasteiger partial charge in [0.05, 0.1) is 12.3 Å². The molecule has 5 nitrogen and oxygen atoms in total. The minimum absolute atomic E-state index is 0.116. The predicted octanol–water partition coefficient (Wildman–Crippen LogP) is 0.0469. The van der Waals surface area contributed by atoms with E-state index in [0.29, 0.717) is 19.1 Å². The quantitative estimate of drug-likeness (QED) is 0.692. The fourth-order valence-electron chi connectivity index (χ4n) is 1.96. The van der Waals surface area contributed by atoms with Crippen LogP contribution in [0.15, 0.2) is 0 Å². The van der Waals surface area contributed by atoms with Crippen molar-refractivity contribution in [2.45, 2.75) is 32.2 Å². The molecule has 0 aromatic carbocycles. The number of carbonyl (C=O) groups is 2. The molecule has 0 aliphatic carbocycles. The number of amides is 1. The lowest BCUT2D eigenvalue weighted by atomic mass is 9.93. The Morgan fingerprint density at radius 3 is 2.67 bits per heavy atom. The van der Waals surface area contributed by atoms with Crippen LogP contribution in [-0.2, 0) is 9.59 Å². The Morgan fingerprint density at radius 1 is 1.47 bits per heavy atom. The molecule has 1 amide bonds. The van der Waals surface area contributed by atoms with Crippen molar-refractivity contribution in [2.24, 2.45) is 11.7 Å². The number of rotatable bonds is 4. The van der Waals surface area contributed by atoms with E-state index >= 15 is 0 Å². The number of primary amides is 1. The zero-order valence-corrected chi connectivity index (χ0v) is 8.98. The van der Waals surface area contributed by atoms with Gasteiger partial charge in [0.1, 0.15) is 0 Å². The molecule has 2 unspecified atom stereocenters. The molecule has 1 heterocycles. The molecule has 0 aromatic heterocycles. The number of piperidine rings is 1. The van der Waals surface area contributed by atoms with Crippen molar-refractivity contribution in [1.29, 1.82) is 0 Å². The van der Waals surface area contributed by atoms with Crippen molar-refractivity contribution >= 4 is 11.9 Å². The van der Waals surface area contributed by atoms with Crippen LogP contribution in [0.1, 0.15) is 26.2 Å². The van der Waals surface area contributed by atoms with Gasteiger partial charge >= 0.3 is 5.97 Å². The maximum Gasteiger partial charge on any atom is 0.304 e. The van der Waals surface area contributed by atoms with Crippen molar-refractivity contribution in [3.63, 3.8) is 0 Å². The third-order valence-electron chi connectivity index (χ3n) is 3.03. The molecular formula is C10H18N2O3. The zero-order chi connectivity index (χ0) is 11.4. The Labute approximate surface area is 89.2 Å². The van der Waals surface area contributed by atoms with E-state index in [2.05, 4.69) is 6.92 Å². The Kier molecular flexibility index (Phi) is 4.08. The van der Waals surface area contributed by atoms with Gasteiger partial charge in [-0.1, -0.05) is 0 Å². The van der Waals surface area contributed by atoms with Crippen LogP contribution in [-0.4, -0.2) is 41.0 Å². The summed E-state index contributed by atoms with van der Waals surface area (Å²) in [6, 6.07) is 0.347. The zero-order valence-electron chi connectivity index (χ0n) is 8.98. The topological polar surface area (TPSA) is 83.6 Å². The molecule has 86 valence electrons. The Morgan fingerprint density at radius 2 is 2.13 bits per heavy atom. The second kappa shape index (κ2) is 5.11. The minimum atomic E-state index is -0.802. The standard InChI is InChI=1S/C10H18N2O3/c1-7-2-3-8(10(11)15)6-12(7)5-4-9(13)14/h7-8H,2-6H2,1H3,(H2,11,15)(H,13,14). The number of carboxylic acids is 1. The number of hydrogen-bond acceptors (Lipinski definition) is 3. The van der Waals surface area contributed by atoms with Crippen molar-refractivity contribution in [2.75, 3.05) is 13.1 Å². The predicted molar refractivity (Wildman–Crippen MR) is 55.2 cm³/mol. The van der Waals surface area contributed by atoms with Crippen molar-refractivity contribution in [3.8, 4) is 0 Å². The Hall–Kier alpha value is -1.10. The van der Waals surface area contributed by atoms with Crippen LogP contribution in [0.25, 0.3) is 0 Å². The Bertz CT molecular complexity index is 255. The largest absolute Gasteiger partial charge is 0.481 e. The highest BCUT2D eigenvalue weighted by Gasteiger charge is 2.28. The summed E-state index contributed by atoms with van der Waals surface area (Å²) in [6.45, 7) is 3.16. The highest BCUT2D eigenvalue weighted by molar-refractivity contribution is 5.77. The molecule has 0 saturated carbocycles. The van der Waals surface area contributed by atoms with E-state index in [1.54, 1.807) is 0 Å². The molecule has 1 fully saturated rings. The van der Waals surface area contributed by atoms with Gasteiger partial charge in [0, 0.05) is 19.1 Å². The summed E-state index contributed by atoms with van der Waals surface area (Å²) < 4.78 is 0. The molecule has 0 bridgehead atoms. The number of nitrogens with zero attached hydrogens (tertiary/aromatic N) is 1. The van der Waals surface area contributed by atoms with Gasteiger partial charge in [-0.05, 0) is 19.8 Å². The fraction of sp³-hybridized carbons (Fsp3) is 0.800. The van der Waals surface area contributed by atoms with Crippen molar-refractivity contribution in [3.05, 3.63) is 0 Å². The second-order valence-electron chi connectivity index (χ2n) is 4.16. The molecular weight excluding hydrogens is 196 g/mol. The van der Waals surface area contributed by atoms with Crippen LogP contribution in [0, 0.1) is 5.92 Å². The van der Waals surface area contributed by atoms with Crippen LogP contribution in [0.4, 0.5) is 0 Å². The maximum absolute atomic E-state index is 11.0. The smallest absolute Gasteiger partial charge is 0.304 e. The van der Waals surface area contributed by atoms with Gasteiger partial charge in [0.2, 0.25) is 5.91 Å². The van der Waals surface area contributed by atoms with E-state index in [4.69, 9.17) is 10.8 Å². The minimum Gasteiger partial charge on any atom is -0.481 e. The van der Waals surface area contributed by atoms with Gasteiger partial charge in [-0.2, -0.15) is 0 Å². The summed E-state index contributed by atoms with van der Waals surface area (Å²) in [5.74, 6) is -1.19. The summed E-state index contributed by atoms with van der Waals surface area (Å²) in [5.41, 5.74) is 5.25. The normalized spacial score (nSPS) is 27.5. The van der Waals surface area contributed by atoms with Crippen LogP contribution in [0.5, 0.6) is 0 Å². The van der Waals surface area contributed by atoms with E-state index in [0.717, 1.165) is 12.8 Å². The van der Waals surface area contributed by atoms with Crippen LogP contribution in [0.3, 0.4) is 0 Å². The number of nitrogens with two attached hydrogens (primary N) is 1. The first-order valence-electron chi connectivity index (χ1n) is 5.26. The molecule has 1 rings (SSSR count). The van der Waals surface area contributed by atoms with Gasteiger partial charge < -0.3 is 10.8 Å². The molecule has 1 saturated heterocycles. The third-order valence-corrected chi connectivity index (χ3v) is 3.03. The van der Waals surface area contributed by atoms with Crippen LogP contribution >= 0.6 is 0 Å². The fourth-order valence-corrected chi connectivity index (χ4v) is 1.96. The van der Waals surface area contributed by atoms with Gasteiger partial charge in [0.15, 0.2) is 0 Å². The van der Waals surface area contributed by atoms with E-state index in [1.807, 2.05) is 4.90 Å². The number of likely N-dealkylation sites (tertiary alicyclic amines) is 1. The van der Waals surface area contributed by atoms with Gasteiger partial charge in [-0.3, -0.25) is 14.5 Å². The molecule has 3 N–H and O–H groups in total. The lowest BCUT2D eigenvalue weighted by Crippen LogP contribution is -2.46. The molecule has 5 heteroatoms. The van der Waals surface area contributed by atoms with Crippen LogP contribution in [0.2, 0.25) is 0 Å². The molecule has 0 radical (unpaired) electrons. The van der Waals surface area contributed by atoms with Crippen molar-refractivity contribution < 1.29 is 14.7 Å². The molecule has 0 aromatic rings. The van der Waals surface area contributed by atoms with Crippen LogP contribution < -0.4 is 5.73 Å². The summed E-state index contributed by atoms with van der Waals surface area (Å²) >= 11 is 0. The van der Waals surface area contributed by atoms with E-state index in [9.17, 15) is 9.59 Å². The summed E-state index contributed by atoms with van der Waals surface area (Å²) in [4.78, 5) is 23.5. The maximum atomic E-state index is 11.0. The first kappa shape index (κ1) is 12.0. The monoisotopic (exact) mass is 214 g/mol. The van der Waals surface area contributed by atoms with E-state index in [1.165, 1.54) is 0 Å². The molecule has 2 atom stereocenters. The first-order valence-corrected chi connectivity index (χ1v) is 5.26. The van der Waals surface area contributed by atoms with Gasteiger partial charge in [0.25, 0.3) is 0 Å². The van der Waals surface area contributed by atoms with Gasteiger partial charge in [-0.15, -0.1) is 0 Å². The average Bonchev–Trinajstić information content (AvgIpc) is 2.16. The van der Waals surface area contributed by atoms with Gasteiger partial charge in [-0.25, -0.2) is 0 Å². The highest BCUT2D eigenvalue weighted by atomic mass is 16.4. The molecule has 1 aliphatic rings. The molecule has 0 spiro atoms. The highest BCUT2D eigenvalue weighted by Crippen LogP contribution is 2.21. The number of carbonyl (C=O) groups excluding carboxylic acids is 1. The number of hydrogen-bond donors (Lipinski definition) is 2. The van der Waals surface area contributed by atoms with E-state index < -0.39 is 5.97 Å². The van der Waals surface area contributed by atoms with Crippen molar-refractivity contribution in [1.82, 2.24) is 4.90 Å². The third kappa shape index (κ3) is 3.51. The summed E-state index contributed by atoms with van der Waals surface area (Å²) in [5, 5.41) is 8.59.